The number of sulfonamides is 1. The minimum absolute atomic E-state index is 0.0247. The normalized spacial score (nSPS) is 16.4. The molecule has 6 nitrogen and oxygen atoms in total. The molecule has 26 heavy (non-hydrogen) atoms. The Morgan fingerprint density at radius 3 is 2.50 bits per heavy atom. The maximum absolute atomic E-state index is 12.8. The van der Waals surface area contributed by atoms with E-state index < -0.39 is 10.0 Å². The van der Waals surface area contributed by atoms with Crippen LogP contribution in [0.2, 0.25) is 0 Å². The third-order valence-electron chi connectivity index (χ3n) is 4.78. The Morgan fingerprint density at radius 1 is 1.19 bits per heavy atom. The Balaban J connectivity index is 1.95. The Labute approximate surface area is 156 Å². The SMILES string of the molecule is CCCCCNC(=O)C1CCN(S(=O)(=O)c2cccc(C(C)=O)c2)CC1. The molecule has 1 aliphatic heterocycles. The minimum atomic E-state index is -3.64. The maximum atomic E-state index is 12.8. The summed E-state index contributed by atoms with van der Waals surface area (Å²) >= 11 is 0. The predicted molar refractivity (Wildman–Crippen MR) is 100 cm³/mol. The molecule has 0 radical (unpaired) electrons. The van der Waals surface area contributed by atoms with E-state index in [-0.39, 0.29) is 22.5 Å². The zero-order valence-electron chi connectivity index (χ0n) is 15.5. The summed E-state index contributed by atoms with van der Waals surface area (Å²) in [5.74, 6) is -0.274. The second-order valence-corrected chi connectivity index (χ2v) is 8.70. The molecule has 1 amide bonds. The first-order valence-electron chi connectivity index (χ1n) is 9.25. The molecule has 7 heteroatoms. The summed E-state index contributed by atoms with van der Waals surface area (Å²) in [6.45, 7) is 4.85. The van der Waals surface area contributed by atoms with Crippen molar-refractivity contribution in [1.29, 1.82) is 0 Å². The number of rotatable bonds is 8. The van der Waals surface area contributed by atoms with E-state index in [0.717, 1.165) is 19.3 Å². The molecule has 0 aliphatic carbocycles. The lowest BCUT2D eigenvalue weighted by Gasteiger charge is -2.30. The molecule has 0 spiro atoms. The Hall–Kier alpha value is -1.73. The Kier molecular flexibility index (Phi) is 7.34. The first-order chi connectivity index (χ1) is 12.4. The van der Waals surface area contributed by atoms with Crippen molar-refractivity contribution in [2.75, 3.05) is 19.6 Å². The minimum Gasteiger partial charge on any atom is -0.356 e. The van der Waals surface area contributed by atoms with Gasteiger partial charge >= 0.3 is 0 Å². The van der Waals surface area contributed by atoms with Crippen LogP contribution in [0.4, 0.5) is 0 Å². The first kappa shape index (κ1) is 20.6. The number of carbonyl (C=O) groups is 2. The highest BCUT2D eigenvalue weighted by molar-refractivity contribution is 7.89. The largest absolute Gasteiger partial charge is 0.356 e. The summed E-state index contributed by atoms with van der Waals surface area (Å²) < 4.78 is 27.0. The van der Waals surface area contributed by atoms with Gasteiger partial charge in [0.1, 0.15) is 0 Å². The van der Waals surface area contributed by atoms with E-state index in [4.69, 9.17) is 0 Å². The number of hydrogen-bond donors (Lipinski definition) is 1. The number of ketones is 1. The lowest BCUT2D eigenvalue weighted by atomic mass is 9.97. The predicted octanol–water partition coefficient (Wildman–Crippen LogP) is 2.60. The molecule has 1 saturated heterocycles. The van der Waals surface area contributed by atoms with Crippen LogP contribution >= 0.6 is 0 Å². The monoisotopic (exact) mass is 380 g/mol. The van der Waals surface area contributed by atoms with Gasteiger partial charge in [0.05, 0.1) is 4.90 Å². The highest BCUT2D eigenvalue weighted by atomic mass is 32.2. The van der Waals surface area contributed by atoms with E-state index in [2.05, 4.69) is 12.2 Å². The molecule has 0 saturated carbocycles. The molecule has 1 heterocycles. The highest BCUT2D eigenvalue weighted by Crippen LogP contribution is 2.24. The van der Waals surface area contributed by atoms with Gasteiger partial charge in [-0.2, -0.15) is 4.31 Å². The van der Waals surface area contributed by atoms with Crippen LogP contribution in [-0.4, -0.2) is 44.0 Å². The third kappa shape index (κ3) is 5.14. The number of carbonyl (C=O) groups excluding carboxylic acids is 2. The van der Waals surface area contributed by atoms with Crippen LogP contribution in [0.5, 0.6) is 0 Å². The quantitative estimate of drug-likeness (QED) is 0.555. The van der Waals surface area contributed by atoms with Gasteiger partial charge < -0.3 is 5.32 Å². The molecule has 0 bridgehead atoms. The van der Waals surface area contributed by atoms with E-state index >= 15 is 0 Å². The van der Waals surface area contributed by atoms with Crippen LogP contribution in [0.1, 0.15) is 56.3 Å². The molecule has 1 N–H and O–H groups in total. The van der Waals surface area contributed by atoms with Gasteiger partial charge in [0.25, 0.3) is 0 Å². The van der Waals surface area contributed by atoms with E-state index in [0.29, 0.717) is 38.0 Å². The average Bonchev–Trinajstić information content (AvgIpc) is 2.65. The molecular formula is C19H28N2O4S. The molecular weight excluding hydrogens is 352 g/mol. The fourth-order valence-electron chi connectivity index (χ4n) is 3.11. The molecule has 0 aromatic heterocycles. The molecule has 1 aliphatic rings. The van der Waals surface area contributed by atoms with Crippen LogP contribution in [0.3, 0.4) is 0 Å². The highest BCUT2D eigenvalue weighted by Gasteiger charge is 2.32. The average molecular weight is 381 g/mol. The molecule has 1 fully saturated rings. The second-order valence-electron chi connectivity index (χ2n) is 6.76. The lowest BCUT2D eigenvalue weighted by molar-refractivity contribution is -0.126. The van der Waals surface area contributed by atoms with Crippen LogP contribution in [-0.2, 0) is 14.8 Å². The molecule has 2 rings (SSSR count). The number of amides is 1. The number of nitrogens with one attached hydrogen (secondary N) is 1. The Bertz CT molecular complexity index is 738. The summed E-state index contributed by atoms with van der Waals surface area (Å²) in [4.78, 5) is 23.8. The first-order valence-corrected chi connectivity index (χ1v) is 10.7. The van der Waals surface area contributed by atoms with Crippen molar-refractivity contribution in [1.82, 2.24) is 9.62 Å². The van der Waals surface area contributed by atoms with Crippen LogP contribution < -0.4 is 5.32 Å². The van der Waals surface area contributed by atoms with Gasteiger partial charge in [-0.3, -0.25) is 9.59 Å². The van der Waals surface area contributed by atoms with E-state index in [1.165, 1.54) is 23.4 Å². The summed E-state index contributed by atoms with van der Waals surface area (Å²) in [6, 6.07) is 6.12. The van der Waals surface area contributed by atoms with Crippen molar-refractivity contribution < 1.29 is 18.0 Å². The van der Waals surface area contributed by atoms with Crippen molar-refractivity contribution in [3.63, 3.8) is 0 Å². The summed E-state index contributed by atoms with van der Waals surface area (Å²) in [5.41, 5.74) is 0.382. The van der Waals surface area contributed by atoms with Gasteiger partial charge in [-0.05, 0) is 38.3 Å². The van der Waals surface area contributed by atoms with Gasteiger partial charge in [-0.25, -0.2) is 8.42 Å². The number of hydrogen-bond acceptors (Lipinski definition) is 4. The fraction of sp³-hybridized carbons (Fsp3) is 0.579. The second kappa shape index (κ2) is 9.28. The van der Waals surface area contributed by atoms with Crippen LogP contribution in [0.15, 0.2) is 29.2 Å². The zero-order valence-corrected chi connectivity index (χ0v) is 16.3. The standard InChI is InChI=1S/C19H28N2O4S/c1-3-4-5-11-20-19(23)16-9-12-21(13-10-16)26(24,25)18-8-6-7-17(14-18)15(2)22/h6-8,14,16H,3-5,9-13H2,1-2H3,(H,20,23). The van der Waals surface area contributed by atoms with E-state index in [1.54, 1.807) is 12.1 Å². The molecule has 0 unspecified atom stereocenters. The molecule has 0 atom stereocenters. The van der Waals surface area contributed by atoms with E-state index in [1.807, 2.05) is 0 Å². The molecule has 1 aromatic rings. The summed E-state index contributed by atoms with van der Waals surface area (Å²) in [7, 11) is -3.64. The number of benzene rings is 1. The topological polar surface area (TPSA) is 83.6 Å². The number of unbranched alkanes of at least 4 members (excludes halogenated alkanes) is 2. The third-order valence-corrected chi connectivity index (χ3v) is 6.68. The number of nitrogens with zero attached hydrogens (tertiary/aromatic N) is 1. The summed E-state index contributed by atoms with van der Waals surface area (Å²) in [5, 5.41) is 2.95. The lowest BCUT2D eigenvalue weighted by Crippen LogP contribution is -2.43. The van der Waals surface area contributed by atoms with Gasteiger partial charge in [-0.1, -0.05) is 31.9 Å². The van der Waals surface area contributed by atoms with Gasteiger partial charge in [0.2, 0.25) is 15.9 Å². The fourth-order valence-corrected chi connectivity index (χ4v) is 4.63. The van der Waals surface area contributed by atoms with Crippen molar-refractivity contribution in [2.24, 2.45) is 5.92 Å². The molecule has 144 valence electrons. The van der Waals surface area contributed by atoms with Crippen molar-refractivity contribution in [2.45, 2.75) is 50.8 Å². The van der Waals surface area contributed by atoms with E-state index in [9.17, 15) is 18.0 Å². The van der Waals surface area contributed by atoms with Crippen molar-refractivity contribution >= 4 is 21.7 Å². The number of piperidine rings is 1. The maximum Gasteiger partial charge on any atom is 0.243 e. The number of Topliss-reactive ketones (excluding diaryl/α,β-unsaturated/α-hetero) is 1. The van der Waals surface area contributed by atoms with Gasteiger partial charge in [-0.15, -0.1) is 0 Å². The van der Waals surface area contributed by atoms with Crippen molar-refractivity contribution in [3.8, 4) is 0 Å². The van der Waals surface area contributed by atoms with Crippen LogP contribution in [0.25, 0.3) is 0 Å². The smallest absolute Gasteiger partial charge is 0.243 e. The zero-order chi connectivity index (χ0) is 19.2. The van der Waals surface area contributed by atoms with Crippen molar-refractivity contribution in [3.05, 3.63) is 29.8 Å². The van der Waals surface area contributed by atoms with Gasteiger partial charge in [0.15, 0.2) is 5.78 Å². The molecule has 1 aromatic carbocycles. The summed E-state index contributed by atoms with van der Waals surface area (Å²) in [6.07, 6.45) is 4.21. The van der Waals surface area contributed by atoms with Crippen LogP contribution in [0, 0.1) is 5.92 Å². The van der Waals surface area contributed by atoms with Gasteiger partial charge in [0, 0.05) is 31.1 Å². The Morgan fingerprint density at radius 2 is 1.88 bits per heavy atom.